The fraction of sp³-hybridized carbons (Fsp3) is 0.625. The minimum absolute atomic E-state index is 0.275. The largest absolute Gasteiger partial charge is 0.355 e. The molecule has 0 amide bonds. The Bertz CT molecular complexity index is 1070. The molecule has 2 aromatic carbocycles. The molecule has 0 aromatic heterocycles. The molecule has 4 bridgehead atoms. The van der Waals surface area contributed by atoms with Gasteiger partial charge in [0.25, 0.3) is 0 Å². The second-order valence-electron chi connectivity index (χ2n) is 13.4. The monoisotopic (exact) mass is 441 g/mol. The SMILES string of the molecule is CC1CCC2CC1(c1cccc(Nc3ccccc3)c1C13CC(CCC1C)C3(C)C)C2(C)C. The zero-order valence-corrected chi connectivity index (χ0v) is 21.7. The molecule has 33 heavy (non-hydrogen) atoms. The Morgan fingerprint density at radius 1 is 0.667 bits per heavy atom. The average Bonchev–Trinajstić information content (AvgIpc) is 2.79. The molecule has 6 aliphatic carbocycles. The predicted molar refractivity (Wildman–Crippen MR) is 140 cm³/mol. The molecule has 0 radical (unpaired) electrons. The van der Waals surface area contributed by atoms with Gasteiger partial charge in [0.2, 0.25) is 0 Å². The van der Waals surface area contributed by atoms with Crippen LogP contribution in [0.3, 0.4) is 0 Å². The van der Waals surface area contributed by atoms with E-state index in [-0.39, 0.29) is 5.41 Å². The lowest BCUT2D eigenvalue weighted by molar-refractivity contribution is -0.148. The minimum Gasteiger partial charge on any atom is -0.355 e. The van der Waals surface area contributed by atoms with E-state index < -0.39 is 0 Å². The summed E-state index contributed by atoms with van der Waals surface area (Å²) in [6.07, 6.45) is 8.35. The molecule has 1 N–H and O–H groups in total. The molecule has 0 saturated heterocycles. The molecule has 1 heteroatoms. The molecule has 6 aliphatic rings. The van der Waals surface area contributed by atoms with Gasteiger partial charge in [0.1, 0.15) is 0 Å². The molecular formula is C32H43N. The number of nitrogens with one attached hydrogen (secondary N) is 1. The maximum atomic E-state index is 3.93. The summed E-state index contributed by atoms with van der Waals surface area (Å²) in [5, 5.41) is 3.93. The maximum absolute atomic E-state index is 3.93. The van der Waals surface area contributed by atoms with Crippen LogP contribution >= 0.6 is 0 Å². The molecule has 0 heterocycles. The van der Waals surface area contributed by atoms with Gasteiger partial charge in [-0.3, -0.25) is 0 Å². The number of rotatable bonds is 4. The molecule has 6 fully saturated rings. The molecule has 8 rings (SSSR count). The van der Waals surface area contributed by atoms with Crippen LogP contribution in [0.5, 0.6) is 0 Å². The van der Waals surface area contributed by atoms with Crippen LogP contribution in [-0.2, 0) is 10.8 Å². The van der Waals surface area contributed by atoms with Gasteiger partial charge >= 0.3 is 0 Å². The highest BCUT2D eigenvalue weighted by Crippen LogP contribution is 2.76. The Morgan fingerprint density at radius 3 is 1.79 bits per heavy atom. The van der Waals surface area contributed by atoms with Gasteiger partial charge in [-0.1, -0.05) is 71.9 Å². The lowest BCUT2D eigenvalue weighted by atomic mass is 9.31. The van der Waals surface area contributed by atoms with Crippen LogP contribution < -0.4 is 5.32 Å². The molecule has 2 aromatic rings. The molecule has 0 aliphatic heterocycles. The van der Waals surface area contributed by atoms with Gasteiger partial charge < -0.3 is 5.32 Å². The summed E-state index contributed by atoms with van der Waals surface area (Å²) < 4.78 is 0. The summed E-state index contributed by atoms with van der Waals surface area (Å²) in [5.41, 5.74) is 7.32. The van der Waals surface area contributed by atoms with E-state index in [0.717, 1.165) is 23.7 Å². The van der Waals surface area contributed by atoms with Gasteiger partial charge in [0.05, 0.1) is 0 Å². The topological polar surface area (TPSA) is 12.0 Å². The third-order valence-electron chi connectivity index (χ3n) is 12.1. The third-order valence-corrected chi connectivity index (χ3v) is 12.1. The number of hydrogen-bond donors (Lipinski definition) is 1. The van der Waals surface area contributed by atoms with E-state index in [0.29, 0.717) is 16.2 Å². The van der Waals surface area contributed by atoms with E-state index in [1.54, 1.807) is 11.1 Å². The van der Waals surface area contributed by atoms with E-state index in [9.17, 15) is 0 Å². The van der Waals surface area contributed by atoms with Crippen LogP contribution in [0.4, 0.5) is 11.4 Å². The van der Waals surface area contributed by atoms with Crippen molar-refractivity contribution in [3.8, 4) is 0 Å². The van der Waals surface area contributed by atoms with Crippen molar-refractivity contribution in [1.82, 2.24) is 0 Å². The Hall–Kier alpha value is -1.76. The zero-order valence-electron chi connectivity index (χ0n) is 21.7. The number of anilines is 2. The number of benzene rings is 2. The van der Waals surface area contributed by atoms with Crippen molar-refractivity contribution in [2.24, 2.45) is 34.5 Å². The molecule has 6 atom stereocenters. The molecule has 0 spiro atoms. The smallest absolute Gasteiger partial charge is 0.0425 e. The van der Waals surface area contributed by atoms with Crippen LogP contribution in [0.25, 0.3) is 0 Å². The molecule has 6 unspecified atom stereocenters. The van der Waals surface area contributed by atoms with Crippen LogP contribution in [0.15, 0.2) is 48.5 Å². The highest BCUT2D eigenvalue weighted by Gasteiger charge is 2.70. The van der Waals surface area contributed by atoms with Gasteiger partial charge in [0, 0.05) is 22.2 Å². The van der Waals surface area contributed by atoms with Crippen LogP contribution in [-0.4, -0.2) is 0 Å². The first-order valence-corrected chi connectivity index (χ1v) is 13.6. The van der Waals surface area contributed by atoms with Crippen molar-refractivity contribution in [3.63, 3.8) is 0 Å². The fourth-order valence-electron chi connectivity index (χ4n) is 9.85. The van der Waals surface area contributed by atoms with Crippen molar-refractivity contribution < 1.29 is 0 Å². The Morgan fingerprint density at radius 2 is 1.24 bits per heavy atom. The highest BCUT2D eigenvalue weighted by atomic mass is 14.9. The summed E-state index contributed by atoms with van der Waals surface area (Å²) in [4.78, 5) is 0. The van der Waals surface area contributed by atoms with Gasteiger partial charge in [-0.05, 0) is 102 Å². The molecular weight excluding hydrogens is 398 g/mol. The first kappa shape index (κ1) is 21.8. The second kappa shape index (κ2) is 6.89. The highest BCUT2D eigenvalue weighted by molar-refractivity contribution is 5.70. The fourth-order valence-corrected chi connectivity index (χ4v) is 9.85. The lowest BCUT2D eigenvalue weighted by Crippen LogP contribution is -2.68. The van der Waals surface area contributed by atoms with Gasteiger partial charge in [-0.2, -0.15) is 0 Å². The van der Waals surface area contributed by atoms with Crippen molar-refractivity contribution >= 4 is 11.4 Å². The normalized spacial score (nSPS) is 39.8. The van der Waals surface area contributed by atoms with Crippen molar-refractivity contribution in [3.05, 3.63) is 59.7 Å². The second-order valence-corrected chi connectivity index (χ2v) is 13.4. The van der Waals surface area contributed by atoms with E-state index in [1.807, 2.05) is 0 Å². The predicted octanol–water partition coefficient (Wildman–Crippen LogP) is 8.86. The Balaban J connectivity index is 1.60. The Labute approximate surface area is 201 Å². The summed E-state index contributed by atoms with van der Waals surface area (Å²) in [6, 6.07) is 18.2. The lowest BCUT2D eigenvalue weighted by Gasteiger charge is -2.73. The third kappa shape index (κ3) is 2.50. The first-order chi connectivity index (χ1) is 15.7. The minimum atomic E-state index is 0.275. The molecule has 176 valence electrons. The van der Waals surface area contributed by atoms with Crippen LogP contribution in [0.1, 0.15) is 91.2 Å². The van der Waals surface area contributed by atoms with E-state index in [1.165, 1.54) is 49.9 Å². The number of para-hydroxylation sites is 1. The van der Waals surface area contributed by atoms with E-state index in [2.05, 4.69) is 95.4 Å². The summed E-state index contributed by atoms with van der Waals surface area (Å²) >= 11 is 0. The molecule has 1 nitrogen and oxygen atoms in total. The van der Waals surface area contributed by atoms with Crippen LogP contribution in [0.2, 0.25) is 0 Å². The summed E-state index contributed by atoms with van der Waals surface area (Å²) in [7, 11) is 0. The van der Waals surface area contributed by atoms with Gasteiger partial charge in [0.15, 0.2) is 0 Å². The van der Waals surface area contributed by atoms with E-state index in [4.69, 9.17) is 0 Å². The Kier molecular flexibility index (Phi) is 4.54. The van der Waals surface area contributed by atoms with Crippen molar-refractivity contribution in [2.75, 3.05) is 5.32 Å². The zero-order chi connectivity index (χ0) is 23.2. The van der Waals surface area contributed by atoms with Gasteiger partial charge in [-0.15, -0.1) is 0 Å². The standard InChI is InChI=1S/C32H43N/c1-21-15-17-23-19-31(21,29(23,3)4)26-13-10-14-27(33-25-11-8-7-9-12-25)28(26)32-20-24(30(32,5)6)18-16-22(32)2/h7-14,21-24,33H,15-20H2,1-6H3. The first-order valence-electron chi connectivity index (χ1n) is 13.6. The van der Waals surface area contributed by atoms with E-state index >= 15 is 0 Å². The van der Waals surface area contributed by atoms with Crippen molar-refractivity contribution in [1.29, 1.82) is 0 Å². The number of fused-ring (bicyclic) bond motifs is 4. The maximum Gasteiger partial charge on any atom is 0.0425 e. The summed E-state index contributed by atoms with van der Waals surface area (Å²) in [5.74, 6) is 3.23. The van der Waals surface area contributed by atoms with Crippen LogP contribution in [0, 0.1) is 34.5 Å². The van der Waals surface area contributed by atoms with Crippen molar-refractivity contribution in [2.45, 2.75) is 90.9 Å². The quantitative estimate of drug-likeness (QED) is 0.499. The summed E-state index contributed by atoms with van der Waals surface area (Å²) in [6.45, 7) is 15.5. The number of hydrogen-bond acceptors (Lipinski definition) is 1. The molecule has 6 saturated carbocycles. The average molecular weight is 442 g/mol. The van der Waals surface area contributed by atoms with Gasteiger partial charge in [-0.25, -0.2) is 0 Å².